The molecule has 16 nitrogen and oxygen atoms in total. The van der Waals surface area contributed by atoms with E-state index < -0.39 is 35.7 Å². The number of benzene rings is 2. The van der Waals surface area contributed by atoms with Gasteiger partial charge in [-0.2, -0.15) is 0 Å². The molecule has 2 amide bonds. The van der Waals surface area contributed by atoms with E-state index in [2.05, 4.69) is 29.8 Å². The first kappa shape index (κ1) is 40.5. The number of oxime groups is 2. The molecule has 2 aromatic carbocycles. The summed E-state index contributed by atoms with van der Waals surface area (Å²) in [6, 6.07) is 16.1. The van der Waals surface area contributed by atoms with Gasteiger partial charge in [-0.05, 0) is 73.5 Å². The van der Waals surface area contributed by atoms with Crippen LogP contribution in [-0.2, 0) is 20.9 Å². The molecular weight excluding hydrogens is 766 g/mol. The minimum Gasteiger partial charge on any atom is -0.438 e. The van der Waals surface area contributed by atoms with Crippen molar-refractivity contribution >= 4 is 23.6 Å². The number of aromatic nitrogens is 2. The number of pyridine rings is 2. The molecule has 0 unspecified atom stereocenters. The third kappa shape index (κ3) is 10.7. The number of halogens is 6. The molecule has 2 aliphatic rings. The van der Waals surface area contributed by atoms with E-state index >= 15 is 0 Å². The monoisotopic (exact) mass is 794 g/mol. The fourth-order valence-electron chi connectivity index (χ4n) is 4.98. The molecule has 0 fully saturated rings. The van der Waals surface area contributed by atoms with E-state index in [0.29, 0.717) is 11.1 Å². The lowest BCUT2D eigenvalue weighted by Gasteiger charge is -2.21. The Bertz CT molecular complexity index is 1920. The lowest BCUT2D eigenvalue weighted by atomic mass is 9.93. The van der Waals surface area contributed by atoms with E-state index in [1.165, 1.54) is 96.2 Å². The summed E-state index contributed by atoms with van der Waals surface area (Å²) in [7, 11) is 0. The largest absolute Gasteiger partial charge is 0.573 e. The zero-order valence-electron chi connectivity index (χ0n) is 28.7. The van der Waals surface area contributed by atoms with Gasteiger partial charge in [0.2, 0.25) is 11.8 Å². The summed E-state index contributed by atoms with van der Waals surface area (Å²) in [5, 5.41) is 24.8. The van der Waals surface area contributed by atoms with Gasteiger partial charge < -0.3 is 28.6 Å². The Hall–Kier alpha value is -6.68. The summed E-state index contributed by atoms with van der Waals surface area (Å²) in [5.41, 5.74) is 2.20. The van der Waals surface area contributed by atoms with Crippen molar-refractivity contribution < 1.29 is 75.0 Å². The predicted molar refractivity (Wildman–Crippen MR) is 175 cm³/mol. The van der Waals surface area contributed by atoms with Crippen molar-refractivity contribution in [2.45, 2.75) is 50.6 Å². The predicted octanol–water partition coefficient (Wildman–Crippen LogP) is 6.25. The van der Waals surface area contributed by atoms with Gasteiger partial charge in [-0.3, -0.25) is 20.0 Å². The zero-order chi connectivity index (χ0) is 40.7. The molecule has 2 aromatic heterocycles. The van der Waals surface area contributed by atoms with Gasteiger partial charge in [0.05, 0.1) is 25.2 Å². The highest BCUT2D eigenvalue weighted by molar-refractivity contribution is 5.92. The van der Waals surface area contributed by atoms with Crippen LogP contribution in [0.2, 0.25) is 0 Å². The number of nitrogens with one attached hydrogen (secondary N) is 2. The molecule has 0 saturated carbocycles. The molecule has 22 heteroatoms. The zero-order valence-corrected chi connectivity index (χ0v) is 28.7. The molecule has 296 valence electrons. The molecule has 2 aliphatic heterocycles. The van der Waals surface area contributed by atoms with E-state index in [9.17, 15) is 35.9 Å². The Kier molecular flexibility index (Phi) is 11.8. The number of ether oxygens (including phenoxy) is 4. The molecule has 0 aliphatic carbocycles. The van der Waals surface area contributed by atoms with Crippen LogP contribution in [-0.4, -0.2) is 56.7 Å². The normalized spacial score (nSPS) is 18.8. The maximum absolute atomic E-state index is 12.2. The van der Waals surface area contributed by atoms with Crippen molar-refractivity contribution in [1.29, 1.82) is 0 Å². The van der Waals surface area contributed by atoms with Gasteiger partial charge in [0.25, 0.3) is 11.8 Å². The van der Waals surface area contributed by atoms with Crippen LogP contribution in [0.5, 0.6) is 23.0 Å². The van der Waals surface area contributed by atoms with Gasteiger partial charge in [-0.15, -0.1) is 26.3 Å². The maximum Gasteiger partial charge on any atom is 0.573 e. The number of hydrogen-bond acceptors (Lipinski definition) is 14. The SMILES string of the molecule is C[C@@]1(c2ccc(OC(F)(F)F)cc2)CC(Oc2ccc(C(=O)NO)nc2)=NO1.C[C@]1(c2ccc(OC(F)(F)F)cc2)CC(Oc2ccc(C(=O)NO)nc2)=NO1. The summed E-state index contributed by atoms with van der Waals surface area (Å²) < 4.78 is 92.2. The van der Waals surface area contributed by atoms with Crippen molar-refractivity contribution in [3.05, 3.63) is 108 Å². The fourth-order valence-corrected chi connectivity index (χ4v) is 4.98. The second kappa shape index (κ2) is 16.4. The molecule has 6 rings (SSSR count). The van der Waals surface area contributed by atoms with Crippen LogP contribution >= 0.6 is 0 Å². The first-order chi connectivity index (χ1) is 26.4. The minimum atomic E-state index is -4.76. The van der Waals surface area contributed by atoms with Gasteiger partial charge in [-0.25, -0.2) is 20.9 Å². The molecule has 4 aromatic rings. The van der Waals surface area contributed by atoms with E-state index in [4.69, 9.17) is 29.6 Å². The number of carbonyl (C=O) groups is 2. The number of hydroxylamine groups is 2. The third-order valence-corrected chi connectivity index (χ3v) is 7.68. The van der Waals surface area contributed by atoms with Crippen LogP contribution in [0.1, 0.15) is 58.8 Å². The Morgan fingerprint density at radius 2 is 0.946 bits per heavy atom. The summed E-state index contributed by atoms with van der Waals surface area (Å²) in [6.45, 7) is 3.42. The lowest BCUT2D eigenvalue weighted by molar-refractivity contribution is -0.275. The van der Waals surface area contributed by atoms with E-state index in [1.54, 1.807) is 13.8 Å². The van der Waals surface area contributed by atoms with Crippen LogP contribution in [0.25, 0.3) is 0 Å². The van der Waals surface area contributed by atoms with Crippen molar-refractivity contribution in [3.8, 4) is 23.0 Å². The van der Waals surface area contributed by atoms with Crippen molar-refractivity contribution in [1.82, 2.24) is 20.9 Å². The molecule has 0 saturated heterocycles. The number of rotatable bonds is 8. The Balaban J connectivity index is 0.000000214. The lowest BCUT2D eigenvalue weighted by Crippen LogP contribution is -2.23. The van der Waals surface area contributed by atoms with Crippen molar-refractivity contribution in [3.63, 3.8) is 0 Å². The van der Waals surface area contributed by atoms with Crippen molar-refractivity contribution in [2.75, 3.05) is 0 Å². The topological polar surface area (TPSA) is 205 Å². The van der Waals surface area contributed by atoms with Gasteiger partial charge in [0.1, 0.15) is 34.4 Å². The van der Waals surface area contributed by atoms with Gasteiger partial charge in [0, 0.05) is 0 Å². The molecular formula is C34H28F6N6O10. The summed E-state index contributed by atoms with van der Waals surface area (Å²) in [6.07, 6.45) is -6.56. The third-order valence-electron chi connectivity index (χ3n) is 7.68. The van der Waals surface area contributed by atoms with Crippen LogP contribution in [0.4, 0.5) is 26.3 Å². The minimum absolute atomic E-state index is 0.00883. The van der Waals surface area contributed by atoms with E-state index in [0.717, 1.165) is 0 Å². The molecule has 0 bridgehead atoms. The first-order valence-corrected chi connectivity index (χ1v) is 15.8. The summed E-state index contributed by atoms with van der Waals surface area (Å²) in [5.74, 6) is -1.19. The smallest absolute Gasteiger partial charge is 0.438 e. The summed E-state index contributed by atoms with van der Waals surface area (Å²) >= 11 is 0. The Morgan fingerprint density at radius 3 is 1.23 bits per heavy atom. The summed E-state index contributed by atoms with van der Waals surface area (Å²) in [4.78, 5) is 40.9. The van der Waals surface area contributed by atoms with E-state index in [1.807, 2.05) is 0 Å². The van der Waals surface area contributed by atoms with E-state index in [-0.39, 0.29) is 59.0 Å². The number of hydrogen-bond donors (Lipinski definition) is 4. The molecule has 0 spiro atoms. The standard InChI is InChI=1S/2C17H14F3N3O5/c2*1-16(10-2-4-11(5-3-10)27-17(18,19)20)8-14(23-28-16)26-12-6-7-13(21-9-12)15(24)22-25/h2*2-7,9,25H,8H2,1H3,(H,22,24)/t2*16-/m10/s1. The van der Waals surface area contributed by atoms with Crippen LogP contribution < -0.4 is 29.9 Å². The molecule has 56 heavy (non-hydrogen) atoms. The quantitative estimate of drug-likeness (QED) is 0.0888. The Morgan fingerprint density at radius 1 is 0.607 bits per heavy atom. The maximum atomic E-state index is 12.2. The van der Waals surface area contributed by atoms with Gasteiger partial charge in [-0.1, -0.05) is 34.6 Å². The van der Waals surface area contributed by atoms with Gasteiger partial charge >= 0.3 is 12.7 Å². The van der Waals surface area contributed by atoms with Crippen molar-refractivity contribution in [2.24, 2.45) is 10.3 Å². The average molecular weight is 795 g/mol. The highest BCUT2D eigenvalue weighted by atomic mass is 19.4. The first-order valence-electron chi connectivity index (χ1n) is 15.8. The number of nitrogens with zero attached hydrogens (tertiary/aromatic N) is 4. The Labute approximate surface area is 311 Å². The second-order valence-electron chi connectivity index (χ2n) is 12.0. The highest BCUT2D eigenvalue weighted by Crippen LogP contribution is 2.38. The fraction of sp³-hybridized carbons (Fsp3) is 0.235. The number of carbonyl (C=O) groups excluding carboxylic acids is 2. The van der Waals surface area contributed by atoms with Crippen LogP contribution in [0.3, 0.4) is 0 Å². The second-order valence-corrected chi connectivity index (χ2v) is 12.0. The highest BCUT2D eigenvalue weighted by Gasteiger charge is 2.39. The molecule has 4 N–H and O–H groups in total. The number of alkyl halides is 6. The van der Waals surface area contributed by atoms with Crippen LogP contribution in [0.15, 0.2) is 95.5 Å². The number of amides is 2. The molecule has 2 atom stereocenters. The van der Waals surface area contributed by atoms with Crippen LogP contribution in [0, 0.1) is 0 Å². The van der Waals surface area contributed by atoms with Gasteiger partial charge in [0.15, 0.2) is 11.2 Å². The molecule has 0 radical (unpaired) electrons. The average Bonchev–Trinajstić information content (AvgIpc) is 3.73. The molecule has 4 heterocycles.